The van der Waals surface area contributed by atoms with E-state index in [1.54, 1.807) is 30.3 Å². The van der Waals surface area contributed by atoms with Crippen molar-refractivity contribution in [3.63, 3.8) is 0 Å². The maximum Gasteiger partial charge on any atom is 0.322 e. The molecule has 0 spiro atoms. The number of methoxy groups -OCH3 is 1. The van der Waals surface area contributed by atoms with Crippen LogP contribution in [0.25, 0.3) is 11.1 Å². The zero-order valence-electron chi connectivity index (χ0n) is 25.7. The van der Waals surface area contributed by atoms with Crippen molar-refractivity contribution in [3.05, 3.63) is 77.9 Å². The van der Waals surface area contributed by atoms with Crippen molar-refractivity contribution < 1.29 is 42.5 Å². The third-order valence-corrected chi connectivity index (χ3v) is 8.74. The molecule has 0 unspecified atom stereocenters. The number of carbonyl (C=O) groups is 3. The number of ether oxygens (including phenoxy) is 3. The Morgan fingerprint density at radius 3 is 2.68 bits per heavy atom. The highest BCUT2D eigenvalue weighted by Gasteiger charge is 2.41. The van der Waals surface area contributed by atoms with Gasteiger partial charge in [0.25, 0.3) is 5.91 Å². The van der Waals surface area contributed by atoms with E-state index in [0.717, 1.165) is 12.1 Å². The van der Waals surface area contributed by atoms with Crippen LogP contribution in [0, 0.1) is 11.6 Å². The summed E-state index contributed by atoms with van der Waals surface area (Å²) in [5.41, 5.74) is 1.16. The van der Waals surface area contributed by atoms with Gasteiger partial charge in [0, 0.05) is 48.9 Å². The molecule has 248 valence electrons. The van der Waals surface area contributed by atoms with E-state index >= 15 is 0 Å². The molecule has 4 N–H and O–H groups in total. The van der Waals surface area contributed by atoms with Crippen molar-refractivity contribution in [2.24, 2.45) is 0 Å². The van der Waals surface area contributed by atoms with E-state index in [0.29, 0.717) is 36.3 Å². The molecule has 3 heterocycles. The van der Waals surface area contributed by atoms with E-state index in [4.69, 9.17) is 14.2 Å². The number of rotatable bonds is 3. The molecule has 0 aliphatic carbocycles. The van der Waals surface area contributed by atoms with Gasteiger partial charge in [0.15, 0.2) is 0 Å². The summed E-state index contributed by atoms with van der Waals surface area (Å²) in [6, 6.07) is 12.5. The van der Waals surface area contributed by atoms with Crippen molar-refractivity contribution in [2.75, 3.05) is 32.1 Å². The van der Waals surface area contributed by atoms with Gasteiger partial charge in [-0.25, -0.2) is 13.6 Å². The molecule has 13 heteroatoms. The number of carbonyl (C=O) groups excluding carboxylic acids is 3. The van der Waals surface area contributed by atoms with E-state index in [1.165, 1.54) is 30.2 Å². The van der Waals surface area contributed by atoms with Crippen molar-refractivity contribution >= 4 is 23.5 Å². The Hall–Kier alpha value is -4.75. The zero-order chi connectivity index (χ0) is 33.1. The number of benzene rings is 3. The van der Waals surface area contributed by atoms with Crippen LogP contribution in [0.5, 0.6) is 11.5 Å². The number of likely N-dealkylation sites (tertiary alicyclic amines) is 1. The van der Waals surface area contributed by atoms with Crippen LogP contribution in [0.4, 0.5) is 19.3 Å². The first-order valence-electron chi connectivity index (χ1n) is 15.5. The van der Waals surface area contributed by atoms with Crippen molar-refractivity contribution in [2.45, 2.75) is 56.1 Å². The summed E-state index contributed by atoms with van der Waals surface area (Å²) in [5, 5.41) is 19.2. The van der Waals surface area contributed by atoms with Crippen LogP contribution in [0.2, 0.25) is 0 Å². The predicted molar refractivity (Wildman–Crippen MR) is 167 cm³/mol. The van der Waals surface area contributed by atoms with Gasteiger partial charge in [0.2, 0.25) is 5.91 Å². The van der Waals surface area contributed by atoms with Gasteiger partial charge in [-0.3, -0.25) is 9.59 Å². The van der Waals surface area contributed by atoms with Crippen LogP contribution in [-0.4, -0.2) is 85.1 Å². The first-order chi connectivity index (χ1) is 22.7. The minimum Gasteiger partial charge on any atom is -0.497 e. The molecule has 6 rings (SSSR count). The third kappa shape index (κ3) is 7.31. The molecule has 4 amide bonds. The highest BCUT2D eigenvalue weighted by atomic mass is 19.1. The van der Waals surface area contributed by atoms with Crippen LogP contribution in [-0.2, 0) is 9.53 Å². The third-order valence-electron chi connectivity index (χ3n) is 8.74. The molecule has 3 aromatic rings. The van der Waals surface area contributed by atoms with Gasteiger partial charge in [-0.05, 0) is 61.2 Å². The van der Waals surface area contributed by atoms with Gasteiger partial charge in [-0.2, -0.15) is 0 Å². The van der Waals surface area contributed by atoms with Gasteiger partial charge in [0.1, 0.15) is 35.3 Å². The predicted octanol–water partition coefficient (Wildman–Crippen LogP) is 3.85. The molecule has 0 radical (unpaired) electrons. The van der Waals surface area contributed by atoms with Crippen LogP contribution in [0.1, 0.15) is 36.0 Å². The fourth-order valence-corrected chi connectivity index (χ4v) is 6.26. The van der Waals surface area contributed by atoms with E-state index in [2.05, 4.69) is 16.0 Å². The second-order valence-corrected chi connectivity index (χ2v) is 11.9. The topological polar surface area (TPSA) is 138 Å². The quantitative estimate of drug-likeness (QED) is 0.338. The monoisotopic (exact) mass is 650 g/mol. The molecular weight excluding hydrogens is 614 g/mol. The lowest BCUT2D eigenvalue weighted by atomic mass is 9.99. The zero-order valence-corrected chi connectivity index (χ0v) is 25.7. The van der Waals surface area contributed by atoms with Gasteiger partial charge in [-0.15, -0.1) is 0 Å². The Kier molecular flexibility index (Phi) is 9.55. The van der Waals surface area contributed by atoms with E-state index in [-0.39, 0.29) is 49.1 Å². The van der Waals surface area contributed by atoms with Crippen molar-refractivity contribution in [3.8, 4) is 22.6 Å². The number of amides is 4. The smallest absolute Gasteiger partial charge is 0.322 e. The maximum atomic E-state index is 14.7. The lowest BCUT2D eigenvalue weighted by molar-refractivity contribution is -0.133. The number of aliphatic hydroxyl groups excluding tert-OH is 1. The molecule has 4 bridgehead atoms. The molecular formula is C34H36F2N4O7. The molecule has 0 aromatic heterocycles. The Morgan fingerprint density at radius 1 is 1.04 bits per heavy atom. The molecule has 2 fully saturated rings. The fourth-order valence-electron chi connectivity index (χ4n) is 6.26. The average molecular weight is 651 g/mol. The van der Waals surface area contributed by atoms with Gasteiger partial charge >= 0.3 is 6.03 Å². The minimum absolute atomic E-state index is 0.0271. The van der Waals surface area contributed by atoms with Crippen molar-refractivity contribution in [1.82, 2.24) is 15.5 Å². The van der Waals surface area contributed by atoms with E-state index in [9.17, 15) is 28.3 Å². The molecule has 3 aromatic carbocycles. The van der Waals surface area contributed by atoms with E-state index in [1.807, 2.05) is 0 Å². The molecule has 0 saturated carbocycles. The molecule has 47 heavy (non-hydrogen) atoms. The number of anilines is 1. The standard InChI is InChI=1S/C34H36F2N4O7/c1-45-24-4-2-3-21(15-24)39-34(44)40-18-22-16-28(40)33(43)37-17-31-29(41)10-7-23(47-31)11-12-46-30-13-19(5-8-26(30)32(42)38-22)25-9-6-20(35)14-27(25)36/h2-6,8-9,13-15,22-23,28-29,31,41H,7,10-12,16-18H2,1H3,(H,37,43)(H,38,42)(H,39,44)/t22-,23-,28-,29-,31+/m0/s1. The molecule has 2 saturated heterocycles. The first-order valence-corrected chi connectivity index (χ1v) is 15.5. The molecule has 3 aliphatic heterocycles. The Bertz CT molecular complexity index is 1660. The summed E-state index contributed by atoms with van der Waals surface area (Å²) in [5.74, 6) is -1.69. The van der Waals surface area contributed by atoms with Crippen LogP contribution >= 0.6 is 0 Å². The van der Waals surface area contributed by atoms with E-state index < -0.39 is 53.8 Å². The molecule has 3 aliphatic rings. The SMILES string of the molecule is COc1cccc(NC(=O)N2C[C@@H]3C[C@H]2C(=O)NC[C@H]2O[C@H](CCOc4cc(-c5ccc(F)cc5F)ccc4C(=O)N3)CC[C@@H]2O)c1. The summed E-state index contributed by atoms with van der Waals surface area (Å²) in [6.45, 7) is 0.212. The summed E-state index contributed by atoms with van der Waals surface area (Å²) < 4.78 is 45.7. The second-order valence-electron chi connectivity index (χ2n) is 11.9. The second kappa shape index (κ2) is 13.9. The highest BCUT2D eigenvalue weighted by molar-refractivity contribution is 5.98. The lowest BCUT2D eigenvalue weighted by Crippen LogP contribution is -2.51. The number of hydrogen-bond acceptors (Lipinski definition) is 7. The maximum absolute atomic E-state index is 14.7. The Labute approximate surface area is 270 Å². The number of nitrogens with one attached hydrogen (secondary N) is 3. The van der Waals surface area contributed by atoms with Crippen LogP contribution < -0.4 is 25.4 Å². The van der Waals surface area contributed by atoms with Crippen molar-refractivity contribution in [1.29, 1.82) is 0 Å². The minimum atomic E-state index is -0.935. The Morgan fingerprint density at radius 2 is 1.87 bits per heavy atom. The van der Waals surface area contributed by atoms with Crippen LogP contribution in [0.15, 0.2) is 60.7 Å². The largest absolute Gasteiger partial charge is 0.497 e. The number of hydrogen-bond donors (Lipinski definition) is 4. The number of urea groups is 1. The van der Waals surface area contributed by atoms with Gasteiger partial charge in [0.05, 0.1) is 31.5 Å². The lowest BCUT2D eigenvalue weighted by Gasteiger charge is -2.34. The van der Waals surface area contributed by atoms with Gasteiger partial charge < -0.3 is 40.2 Å². The van der Waals surface area contributed by atoms with Crippen LogP contribution in [0.3, 0.4) is 0 Å². The normalized spacial score (nSPS) is 24.8. The Balaban J connectivity index is 1.30. The number of halogens is 2. The number of fused-ring (bicyclic) bond motifs is 5. The molecule has 5 atom stereocenters. The van der Waals surface area contributed by atoms with Gasteiger partial charge in [-0.1, -0.05) is 12.1 Å². The highest BCUT2D eigenvalue weighted by Crippen LogP contribution is 2.31. The number of nitrogens with zero attached hydrogens (tertiary/aromatic N) is 1. The summed E-state index contributed by atoms with van der Waals surface area (Å²) in [6.07, 6.45) is -0.176. The first kappa shape index (κ1) is 32.2. The summed E-state index contributed by atoms with van der Waals surface area (Å²) in [4.78, 5) is 42.1. The summed E-state index contributed by atoms with van der Waals surface area (Å²) >= 11 is 0. The fraction of sp³-hybridized carbons (Fsp3) is 0.382. The average Bonchev–Trinajstić information content (AvgIpc) is 3.48. The molecule has 11 nitrogen and oxygen atoms in total. The number of aliphatic hydroxyl groups is 1. The summed E-state index contributed by atoms with van der Waals surface area (Å²) in [7, 11) is 1.51.